The van der Waals surface area contributed by atoms with Crippen LogP contribution in [-0.2, 0) is 10.0 Å². The van der Waals surface area contributed by atoms with Crippen LogP contribution in [-0.4, -0.2) is 53.9 Å². The Hall–Kier alpha value is -2.98. The van der Waals surface area contributed by atoms with Crippen LogP contribution in [0.25, 0.3) is 11.3 Å². The number of rotatable bonds is 5. The molecule has 4 rings (SSSR count). The van der Waals surface area contributed by atoms with Crippen molar-refractivity contribution in [1.29, 1.82) is 0 Å². The van der Waals surface area contributed by atoms with Crippen molar-refractivity contribution in [2.24, 2.45) is 0 Å². The van der Waals surface area contributed by atoms with E-state index in [1.54, 1.807) is 11.0 Å². The Morgan fingerprint density at radius 1 is 1.10 bits per heavy atom. The Bertz CT molecular complexity index is 1120. The number of halogens is 2. The van der Waals surface area contributed by atoms with Crippen LogP contribution in [0.3, 0.4) is 0 Å². The number of nitrogens with zero attached hydrogens (tertiary/aromatic N) is 5. The Balaban J connectivity index is 1.52. The molecule has 0 saturated carbocycles. The topological polar surface area (TPSA) is 79.3 Å². The smallest absolute Gasteiger partial charge is 0.244 e. The minimum atomic E-state index is -3.69. The fraction of sp³-hybridized carbons (Fsp3) is 0.211. The molecule has 0 amide bonds. The van der Waals surface area contributed by atoms with Gasteiger partial charge in [0.15, 0.2) is 11.6 Å². The molecule has 7 nitrogen and oxygen atoms in total. The van der Waals surface area contributed by atoms with Crippen molar-refractivity contribution in [2.75, 3.05) is 25.0 Å². The van der Waals surface area contributed by atoms with Crippen LogP contribution in [0, 0.1) is 11.6 Å². The third kappa shape index (κ3) is 3.56. The predicted molar refractivity (Wildman–Crippen MR) is 103 cm³/mol. The average Bonchev–Trinajstić information content (AvgIpc) is 2.69. The third-order valence-electron chi connectivity index (χ3n) is 4.88. The standard InChI is InChI=1S/C19H17F2N5O2S/c1-25(29(27,28)16-3-2-8-22-9-16)15-10-26(11-15)19-17(21)18(23-12-24-19)13-4-6-14(20)7-5-13/h2-9,12,15H,10-11H2,1H3. The van der Waals surface area contributed by atoms with Gasteiger partial charge in [-0.25, -0.2) is 27.2 Å². The normalized spacial score (nSPS) is 14.8. The van der Waals surface area contributed by atoms with E-state index >= 15 is 0 Å². The van der Waals surface area contributed by atoms with Crippen molar-refractivity contribution in [3.8, 4) is 11.3 Å². The predicted octanol–water partition coefficient (Wildman–Crippen LogP) is 2.33. The monoisotopic (exact) mass is 417 g/mol. The summed E-state index contributed by atoms with van der Waals surface area (Å²) in [5.74, 6) is -0.968. The van der Waals surface area contributed by atoms with Crippen LogP contribution in [0.1, 0.15) is 0 Å². The van der Waals surface area contributed by atoms with E-state index in [9.17, 15) is 17.2 Å². The maximum absolute atomic E-state index is 15.0. The van der Waals surface area contributed by atoms with Crippen molar-refractivity contribution in [2.45, 2.75) is 10.9 Å². The van der Waals surface area contributed by atoms with Crippen LogP contribution < -0.4 is 4.90 Å². The van der Waals surface area contributed by atoms with E-state index in [2.05, 4.69) is 15.0 Å². The van der Waals surface area contributed by atoms with E-state index in [1.807, 2.05) is 0 Å². The molecule has 0 radical (unpaired) electrons. The summed E-state index contributed by atoms with van der Waals surface area (Å²) < 4.78 is 54.7. The Kier molecular flexibility index (Phi) is 4.97. The number of aromatic nitrogens is 3. The van der Waals surface area contributed by atoms with Gasteiger partial charge in [0.25, 0.3) is 0 Å². The molecule has 1 aromatic carbocycles. The second-order valence-electron chi connectivity index (χ2n) is 6.64. The molecule has 3 heterocycles. The van der Waals surface area contributed by atoms with Gasteiger partial charge in [-0.05, 0) is 36.4 Å². The van der Waals surface area contributed by atoms with E-state index < -0.39 is 21.7 Å². The molecule has 1 aliphatic rings. The summed E-state index contributed by atoms with van der Waals surface area (Å²) in [6, 6.07) is 8.05. The highest BCUT2D eigenvalue weighted by Crippen LogP contribution is 2.30. The van der Waals surface area contributed by atoms with Crippen LogP contribution in [0.2, 0.25) is 0 Å². The lowest BCUT2D eigenvalue weighted by molar-refractivity contribution is 0.307. The molecule has 10 heteroatoms. The molecule has 150 valence electrons. The maximum atomic E-state index is 15.0. The lowest BCUT2D eigenvalue weighted by Gasteiger charge is -2.43. The molecular formula is C19H17F2N5O2S. The van der Waals surface area contributed by atoms with E-state index in [-0.39, 0.29) is 35.5 Å². The second-order valence-corrected chi connectivity index (χ2v) is 8.63. The Morgan fingerprint density at radius 3 is 2.48 bits per heavy atom. The molecule has 1 fully saturated rings. The second kappa shape index (κ2) is 7.45. The van der Waals surface area contributed by atoms with E-state index in [4.69, 9.17) is 0 Å². The first kappa shape index (κ1) is 19.3. The SMILES string of the molecule is CN(C1CN(c2ncnc(-c3ccc(F)cc3)c2F)C1)S(=O)(=O)c1cccnc1. The molecule has 0 spiro atoms. The molecule has 1 saturated heterocycles. The van der Waals surface area contributed by atoms with Gasteiger partial charge in [-0.15, -0.1) is 0 Å². The van der Waals surface area contributed by atoms with Gasteiger partial charge in [-0.2, -0.15) is 4.31 Å². The molecule has 0 bridgehead atoms. The number of hydrogen-bond acceptors (Lipinski definition) is 6. The van der Waals surface area contributed by atoms with Gasteiger partial charge in [0.1, 0.15) is 22.7 Å². The summed E-state index contributed by atoms with van der Waals surface area (Å²) in [7, 11) is -2.20. The zero-order valence-electron chi connectivity index (χ0n) is 15.4. The molecule has 0 atom stereocenters. The molecule has 0 unspecified atom stereocenters. The van der Waals surface area contributed by atoms with E-state index in [1.165, 1.54) is 60.4 Å². The molecule has 1 aliphatic heterocycles. The van der Waals surface area contributed by atoms with Crippen molar-refractivity contribution < 1.29 is 17.2 Å². The number of hydrogen-bond donors (Lipinski definition) is 0. The quantitative estimate of drug-likeness (QED) is 0.634. The fourth-order valence-corrected chi connectivity index (χ4v) is 4.41. The number of sulfonamides is 1. The first-order chi connectivity index (χ1) is 13.9. The zero-order valence-corrected chi connectivity index (χ0v) is 16.2. The fourth-order valence-electron chi connectivity index (χ4n) is 3.11. The van der Waals surface area contributed by atoms with Crippen molar-refractivity contribution in [3.63, 3.8) is 0 Å². The lowest BCUT2D eigenvalue weighted by atomic mass is 10.1. The summed E-state index contributed by atoms with van der Waals surface area (Å²) >= 11 is 0. The maximum Gasteiger partial charge on any atom is 0.244 e. The minimum absolute atomic E-state index is 0.0646. The highest BCUT2D eigenvalue weighted by molar-refractivity contribution is 7.89. The molecule has 3 aromatic rings. The van der Waals surface area contributed by atoms with E-state index in [0.717, 1.165) is 0 Å². The number of pyridine rings is 1. The first-order valence-electron chi connectivity index (χ1n) is 8.77. The van der Waals surface area contributed by atoms with Gasteiger partial charge < -0.3 is 4.90 Å². The molecule has 0 aliphatic carbocycles. The first-order valence-corrected chi connectivity index (χ1v) is 10.2. The largest absolute Gasteiger partial charge is 0.351 e. The van der Waals surface area contributed by atoms with Crippen molar-refractivity contribution in [3.05, 3.63) is 66.8 Å². The van der Waals surface area contributed by atoms with E-state index in [0.29, 0.717) is 5.56 Å². The van der Waals surface area contributed by atoms with Crippen LogP contribution >= 0.6 is 0 Å². The highest BCUT2D eigenvalue weighted by Gasteiger charge is 2.38. The summed E-state index contributed by atoms with van der Waals surface area (Å²) in [6.45, 7) is 0.569. The molecule has 0 N–H and O–H groups in total. The van der Waals surface area contributed by atoms with Crippen molar-refractivity contribution >= 4 is 15.8 Å². The number of anilines is 1. The summed E-state index contributed by atoms with van der Waals surface area (Å²) in [5, 5.41) is 0. The van der Waals surface area contributed by atoms with Crippen LogP contribution in [0.15, 0.2) is 60.0 Å². The average molecular weight is 417 g/mol. The third-order valence-corrected chi connectivity index (χ3v) is 6.77. The van der Waals surface area contributed by atoms with Crippen molar-refractivity contribution in [1.82, 2.24) is 19.3 Å². The van der Waals surface area contributed by atoms with Gasteiger partial charge in [0.05, 0.1) is 6.04 Å². The van der Waals surface area contributed by atoms with Gasteiger partial charge in [0.2, 0.25) is 10.0 Å². The minimum Gasteiger partial charge on any atom is -0.351 e. The van der Waals surface area contributed by atoms with Gasteiger partial charge in [0, 0.05) is 38.1 Å². The summed E-state index contributed by atoms with van der Waals surface area (Å²) in [5.41, 5.74) is 0.496. The number of benzene rings is 1. The summed E-state index contributed by atoms with van der Waals surface area (Å²) in [4.78, 5) is 13.6. The van der Waals surface area contributed by atoms with Crippen LogP contribution in [0.4, 0.5) is 14.6 Å². The Labute approximate surface area is 166 Å². The molecular weight excluding hydrogens is 400 g/mol. The molecule has 2 aromatic heterocycles. The Morgan fingerprint density at radius 2 is 1.83 bits per heavy atom. The molecule has 29 heavy (non-hydrogen) atoms. The lowest BCUT2D eigenvalue weighted by Crippen LogP contribution is -2.60. The highest BCUT2D eigenvalue weighted by atomic mass is 32.2. The van der Waals surface area contributed by atoms with Gasteiger partial charge >= 0.3 is 0 Å². The number of likely N-dealkylation sites (N-methyl/N-ethyl adjacent to an activating group) is 1. The van der Waals surface area contributed by atoms with Crippen LogP contribution in [0.5, 0.6) is 0 Å². The zero-order chi connectivity index (χ0) is 20.6. The van der Waals surface area contributed by atoms with Gasteiger partial charge in [-0.1, -0.05) is 0 Å². The van der Waals surface area contributed by atoms with Gasteiger partial charge in [-0.3, -0.25) is 4.98 Å². The summed E-state index contributed by atoms with van der Waals surface area (Å²) in [6.07, 6.45) is 4.03.